The van der Waals surface area contributed by atoms with E-state index in [0.717, 1.165) is 0 Å². The number of nitrogens with zero attached hydrogens (tertiary/aromatic N) is 3. The number of hydrogen-bond acceptors (Lipinski definition) is 4. The van der Waals surface area contributed by atoms with Crippen LogP contribution in [0.15, 0.2) is 0 Å². The van der Waals surface area contributed by atoms with Crippen molar-refractivity contribution in [2.45, 2.75) is 44.5 Å². The topological polar surface area (TPSA) is 84.3 Å². The minimum Gasteiger partial charge on any atom is -0.480 e. The molecule has 2 fully saturated rings. The molecule has 0 aromatic carbocycles. The normalized spacial score (nSPS) is 35.4. The molecule has 2 aliphatic rings. The third-order valence-electron chi connectivity index (χ3n) is 4.44. The van der Waals surface area contributed by atoms with Crippen molar-refractivity contribution in [1.29, 1.82) is 0 Å². The zero-order valence-corrected chi connectivity index (χ0v) is 12.2. The number of aliphatic carboxylic acids is 1. The summed E-state index contributed by atoms with van der Waals surface area (Å²) in [4.78, 5) is 28.9. The first kappa shape index (κ1) is 15.1. The zero-order valence-electron chi connectivity index (χ0n) is 12.2. The minimum atomic E-state index is -1.05. The molecule has 2 saturated heterocycles. The smallest absolute Gasteiger partial charge is 0.326 e. The van der Waals surface area contributed by atoms with Crippen molar-refractivity contribution in [3.8, 4) is 0 Å². The predicted molar refractivity (Wildman–Crippen MR) is 72.4 cm³/mol. The standard InChI is InChI=1S/C13H23N3O4/c1-8-5-15(6-9(2)14(8)3)13(20)16-7-10(17)4-11(16)12(18)19/h8-11,17H,4-7H2,1-3H3,(H,18,19)/t8?,9?,10-,11-/m0/s1. The average molecular weight is 285 g/mol. The first-order valence-electron chi connectivity index (χ1n) is 6.99. The van der Waals surface area contributed by atoms with Gasteiger partial charge in [0, 0.05) is 38.1 Å². The first-order valence-corrected chi connectivity index (χ1v) is 6.99. The van der Waals surface area contributed by atoms with Crippen LogP contribution in [0.3, 0.4) is 0 Å². The van der Waals surface area contributed by atoms with Crippen LogP contribution in [0.4, 0.5) is 4.79 Å². The van der Waals surface area contributed by atoms with Crippen LogP contribution in [0.25, 0.3) is 0 Å². The van der Waals surface area contributed by atoms with Crippen molar-refractivity contribution in [2.24, 2.45) is 0 Å². The Balaban J connectivity index is 2.09. The monoisotopic (exact) mass is 285 g/mol. The van der Waals surface area contributed by atoms with Crippen LogP contribution in [0.2, 0.25) is 0 Å². The van der Waals surface area contributed by atoms with Gasteiger partial charge in [-0.25, -0.2) is 9.59 Å². The van der Waals surface area contributed by atoms with Crippen molar-refractivity contribution < 1.29 is 19.8 Å². The largest absolute Gasteiger partial charge is 0.480 e. The molecule has 20 heavy (non-hydrogen) atoms. The number of carboxylic acid groups (broad SMARTS) is 1. The average Bonchev–Trinajstić information content (AvgIpc) is 2.76. The van der Waals surface area contributed by atoms with Gasteiger partial charge in [0.05, 0.1) is 6.10 Å². The third-order valence-corrected chi connectivity index (χ3v) is 4.44. The van der Waals surface area contributed by atoms with Gasteiger partial charge in [0.2, 0.25) is 0 Å². The van der Waals surface area contributed by atoms with Crippen LogP contribution in [-0.4, -0.2) is 87.8 Å². The molecule has 0 bridgehead atoms. The van der Waals surface area contributed by atoms with Crippen molar-refractivity contribution in [1.82, 2.24) is 14.7 Å². The maximum absolute atomic E-state index is 12.5. The number of aliphatic hydroxyl groups is 1. The second-order valence-corrected chi connectivity index (χ2v) is 5.95. The summed E-state index contributed by atoms with van der Waals surface area (Å²) >= 11 is 0. The van der Waals surface area contributed by atoms with Gasteiger partial charge in [-0.1, -0.05) is 0 Å². The lowest BCUT2D eigenvalue weighted by Crippen LogP contribution is -2.59. The summed E-state index contributed by atoms with van der Waals surface area (Å²) in [5.74, 6) is -1.05. The highest BCUT2D eigenvalue weighted by atomic mass is 16.4. The van der Waals surface area contributed by atoms with Crippen LogP contribution < -0.4 is 0 Å². The summed E-state index contributed by atoms with van der Waals surface area (Å²) in [6.07, 6.45) is -0.637. The number of likely N-dealkylation sites (tertiary alicyclic amines) is 1. The van der Waals surface area contributed by atoms with E-state index in [1.807, 2.05) is 20.9 Å². The van der Waals surface area contributed by atoms with E-state index in [2.05, 4.69) is 4.90 Å². The van der Waals surface area contributed by atoms with E-state index in [0.29, 0.717) is 13.1 Å². The Labute approximate surface area is 118 Å². The van der Waals surface area contributed by atoms with E-state index in [9.17, 15) is 14.7 Å². The fourth-order valence-corrected chi connectivity index (χ4v) is 3.00. The molecule has 7 nitrogen and oxygen atoms in total. The molecule has 2 aliphatic heterocycles. The number of piperazine rings is 1. The van der Waals surface area contributed by atoms with Gasteiger partial charge in [-0.3, -0.25) is 4.90 Å². The van der Waals surface area contributed by atoms with Crippen molar-refractivity contribution in [2.75, 3.05) is 26.7 Å². The summed E-state index contributed by atoms with van der Waals surface area (Å²) in [5, 5.41) is 18.8. The van der Waals surface area contributed by atoms with Crippen molar-refractivity contribution in [3.63, 3.8) is 0 Å². The van der Waals surface area contributed by atoms with Gasteiger partial charge in [0.15, 0.2) is 0 Å². The summed E-state index contributed by atoms with van der Waals surface area (Å²) in [6.45, 7) is 5.36. The molecule has 0 aromatic rings. The van der Waals surface area contributed by atoms with Crippen LogP contribution >= 0.6 is 0 Å². The van der Waals surface area contributed by atoms with E-state index >= 15 is 0 Å². The molecular formula is C13H23N3O4. The lowest BCUT2D eigenvalue weighted by atomic mass is 10.1. The van der Waals surface area contributed by atoms with E-state index in [1.165, 1.54) is 4.90 Å². The Bertz CT molecular complexity index is 391. The lowest BCUT2D eigenvalue weighted by Gasteiger charge is -2.43. The van der Waals surface area contributed by atoms with Gasteiger partial charge in [0.25, 0.3) is 0 Å². The lowest BCUT2D eigenvalue weighted by molar-refractivity contribution is -0.141. The van der Waals surface area contributed by atoms with Gasteiger partial charge in [-0.15, -0.1) is 0 Å². The Morgan fingerprint density at radius 3 is 2.15 bits per heavy atom. The number of amides is 2. The number of carbonyl (C=O) groups excluding carboxylic acids is 1. The first-order chi connectivity index (χ1) is 9.31. The molecule has 2 unspecified atom stereocenters. The predicted octanol–water partition coefficient (Wildman–Crippen LogP) is -0.349. The Morgan fingerprint density at radius 2 is 1.65 bits per heavy atom. The number of rotatable bonds is 1. The minimum absolute atomic E-state index is 0.102. The Morgan fingerprint density at radius 1 is 1.10 bits per heavy atom. The molecule has 0 spiro atoms. The van der Waals surface area contributed by atoms with Gasteiger partial charge in [0.1, 0.15) is 6.04 Å². The molecule has 0 saturated carbocycles. The van der Waals surface area contributed by atoms with Crippen LogP contribution in [0.1, 0.15) is 20.3 Å². The second-order valence-electron chi connectivity index (χ2n) is 5.95. The summed E-state index contributed by atoms with van der Waals surface area (Å²) < 4.78 is 0. The molecule has 4 atom stereocenters. The van der Waals surface area contributed by atoms with Crippen LogP contribution in [0, 0.1) is 0 Å². The molecular weight excluding hydrogens is 262 g/mol. The number of urea groups is 1. The Hall–Kier alpha value is -1.34. The number of hydrogen-bond donors (Lipinski definition) is 2. The van der Waals surface area contributed by atoms with Crippen molar-refractivity contribution in [3.05, 3.63) is 0 Å². The van der Waals surface area contributed by atoms with E-state index in [4.69, 9.17) is 5.11 Å². The maximum Gasteiger partial charge on any atom is 0.326 e. The summed E-state index contributed by atoms with van der Waals surface area (Å²) in [6, 6.07) is -0.722. The second kappa shape index (κ2) is 5.57. The maximum atomic E-state index is 12.5. The quantitative estimate of drug-likeness (QED) is 0.688. The fourth-order valence-electron chi connectivity index (χ4n) is 3.00. The SMILES string of the molecule is CC1CN(C(=O)N2C[C@@H](O)C[C@H]2C(=O)O)CC(C)N1C. The number of carbonyl (C=O) groups is 2. The van der Waals surface area contributed by atoms with Gasteiger partial charge in [-0.05, 0) is 20.9 Å². The number of aliphatic hydroxyl groups excluding tert-OH is 1. The number of likely N-dealkylation sites (N-methyl/N-ethyl adjacent to an activating group) is 1. The summed E-state index contributed by atoms with van der Waals surface area (Å²) in [5.41, 5.74) is 0. The third kappa shape index (κ3) is 2.73. The van der Waals surface area contributed by atoms with Crippen LogP contribution in [0.5, 0.6) is 0 Å². The highest BCUT2D eigenvalue weighted by molar-refractivity contribution is 5.83. The van der Waals surface area contributed by atoms with Crippen LogP contribution in [-0.2, 0) is 4.79 Å². The van der Waals surface area contributed by atoms with E-state index in [1.54, 1.807) is 4.90 Å². The molecule has 7 heteroatoms. The van der Waals surface area contributed by atoms with Gasteiger partial charge < -0.3 is 20.0 Å². The molecule has 0 radical (unpaired) electrons. The highest BCUT2D eigenvalue weighted by Gasteiger charge is 2.42. The van der Waals surface area contributed by atoms with E-state index in [-0.39, 0.29) is 31.1 Å². The van der Waals surface area contributed by atoms with E-state index < -0.39 is 18.1 Å². The number of β-amino-alcohol motifs (C(OH)–C–C–N with tert-alkyl or cyclic N) is 1. The molecule has 2 rings (SSSR count). The molecule has 2 heterocycles. The Kier molecular flexibility index (Phi) is 4.19. The fraction of sp³-hybridized carbons (Fsp3) is 0.846. The van der Waals surface area contributed by atoms with Gasteiger partial charge in [-0.2, -0.15) is 0 Å². The molecule has 0 aliphatic carbocycles. The summed E-state index contributed by atoms with van der Waals surface area (Å²) in [7, 11) is 2.02. The zero-order chi connectivity index (χ0) is 15.0. The van der Waals surface area contributed by atoms with Gasteiger partial charge >= 0.3 is 12.0 Å². The molecule has 2 amide bonds. The number of carboxylic acids is 1. The molecule has 114 valence electrons. The molecule has 0 aromatic heterocycles. The highest BCUT2D eigenvalue weighted by Crippen LogP contribution is 2.22. The molecule has 2 N–H and O–H groups in total. The van der Waals surface area contributed by atoms with Crippen molar-refractivity contribution >= 4 is 12.0 Å².